The SMILES string of the molecule is COC1CN(c2ccc(Cl)c(CN)n2)CCC1C. The summed E-state index contributed by atoms with van der Waals surface area (Å²) in [5, 5.41) is 0.634. The average molecular weight is 270 g/mol. The Morgan fingerprint density at radius 3 is 3.00 bits per heavy atom. The maximum Gasteiger partial charge on any atom is 0.129 e. The molecular formula is C13H20ClN3O. The molecule has 2 N–H and O–H groups in total. The summed E-state index contributed by atoms with van der Waals surface area (Å²) in [5.74, 6) is 1.53. The number of ether oxygens (including phenoxy) is 1. The van der Waals surface area contributed by atoms with Crippen molar-refractivity contribution in [3.8, 4) is 0 Å². The van der Waals surface area contributed by atoms with Gasteiger partial charge in [0.25, 0.3) is 0 Å². The van der Waals surface area contributed by atoms with E-state index in [1.165, 1.54) is 0 Å². The minimum absolute atomic E-state index is 0.262. The van der Waals surface area contributed by atoms with E-state index in [0.29, 0.717) is 17.5 Å². The molecule has 2 unspecified atom stereocenters. The van der Waals surface area contributed by atoms with Crippen LogP contribution < -0.4 is 10.6 Å². The predicted octanol–water partition coefficient (Wildman–Crippen LogP) is 2.05. The molecule has 0 saturated carbocycles. The first-order valence-corrected chi connectivity index (χ1v) is 6.66. The Morgan fingerprint density at radius 1 is 1.56 bits per heavy atom. The molecule has 4 nitrogen and oxygen atoms in total. The summed E-state index contributed by atoms with van der Waals surface area (Å²) in [4.78, 5) is 6.76. The van der Waals surface area contributed by atoms with E-state index >= 15 is 0 Å². The number of nitrogens with two attached hydrogens (primary N) is 1. The summed E-state index contributed by atoms with van der Waals surface area (Å²) < 4.78 is 5.52. The summed E-state index contributed by atoms with van der Waals surface area (Å²) in [5.41, 5.74) is 6.39. The molecular weight excluding hydrogens is 250 g/mol. The predicted molar refractivity (Wildman–Crippen MR) is 73.9 cm³/mol. The van der Waals surface area contributed by atoms with Crippen LogP contribution in [0.1, 0.15) is 19.0 Å². The molecule has 18 heavy (non-hydrogen) atoms. The first-order valence-electron chi connectivity index (χ1n) is 6.29. The Bertz CT molecular complexity index is 413. The van der Waals surface area contributed by atoms with Gasteiger partial charge in [0.15, 0.2) is 0 Å². The van der Waals surface area contributed by atoms with E-state index in [9.17, 15) is 0 Å². The lowest BCUT2D eigenvalue weighted by atomic mass is 9.96. The van der Waals surface area contributed by atoms with Crippen LogP contribution >= 0.6 is 11.6 Å². The van der Waals surface area contributed by atoms with Crippen LogP contribution in [-0.2, 0) is 11.3 Å². The molecule has 0 bridgehead atoms. The van der Waals surface area contributed by atoms with Gasteiger partial charge in [-0.15, -0.1) is 0 Å². The molecule has 1 saturated heterocycles. The smallest absolute Gasteiger partial charge is 0.129 e. The van der Waals surface area contributed by atoms with E-state index in [1.807, 2.05) is 12.1 Å². The Hall–Kier alpha value is -0.840. The molecule has 1 aromatic heterocycles. The van der Waals surface area contributed by atoms with Crippen LogP contribution in [0.3, 0.4) is 0 Å². The number of methoxy groups -OCH3 is 1. The third kappa shape index (κ3) is 2.76. The molecule has 0 aliphatic carbocycles. The van der Waals surface area contributed by atoms with Crippen molar-refractivity contribution < 1.29 is 4.74 Å². The van der Waals surface area contributed by atoms with Crippen molar-refractivity contribution in [2.24, 2.45) is 11.7 Å². The standard InChI is InChI=1S/C13H20ClN3O/c1-9-5-6-17(8-12(9)18-2)13-4-3-10(14)11(7-15)16-13/h3-4,9,12H,5-8,15H2,1-2H3. The third-order valence-electron chi connectivity index (χ3n) is 3.61. The van der Waals surface area contributed by atoms with Gasteiger partial charge in [-0.1, -0.05) is 18.5 Å². The van der Waals surface area contributed by atoms with Gasteiger partial charge in [-0.05, 0) is 24.5 Å². The molecule has 0 aromatic carbocycles. The van der Waals surface area contributed by atoms with Crippen molar-refractivity contribution >= 4 is 17.4 Å². The van der Waals surface area contributed by atoms with Crippen LogP contribution in [0.5, 0.6) is 0 Å². The quantitative estimate of drug-likeness (QED) is 0.913. The van der Waals surface area contributed by atoms with Crippen LogP contribution in [0.2, 0.25) is 5.02 Å². The summed E-state index contributed by atoms with van der Waals surface area (Å²) in [6.45, 7) is 4.46. The molecule has 1 aliphatic rings. The van der Waals surface area contributed by atoms with Crippen LogP contribution in [-0.4, -0.2) is 31.3 Å². The highest BCUT2D eigenvalue weighted by Gasteiger charge is 2.26. The van der Waals surface area contributed by atoms with Gasteiger partial charge in [-0.3, -0.25) is 0 Å². The number of hydrogen-bond donors (Lipinski definition) is 1. The van der Waals surface area contributed by atoms with Gasteiger partial charge < -0.3 is 15.4 Å². The van der Waals surface area contributed by atoms with Crippen LogP contribution in [0.25, 0.3) is 0 Å². The highest BCUT2D eigenvalue weighted by atomic mass is 35.5. The van der Waals surface area contributed by atoms with E-state index in [0.717, 1.165) is 31.0 Å². The molecule has 2 heterocycles. The molecule has 5 heteroatoms. The lowest BCUT2D eigenvalue weighted by Gasteiger charge is -2.37. The second kappa shape index (κ2) is 5.87. The van der Waals surface area contributed by atoms with E-state index < -0.39 is 0 Å². The number of pyridine rings is 1. The van der Waals surface area contributed by atoms with Gasteiger partial charge in [0.05, 0.1) is 16.8 Å². The normalized spacial score (nSPS) is 24.3. The first-order chi connectivity index (χ1) is 8.65. The van der Waals surface area contributed by atoms with Gasteiger partial charge in [0.2, 0.25) is 0 Å². The summed E-state index contributed by atoms with van der Waals surface area (Å²) in [6, 6.07) is 3.82. The zero-order chi connectivity index (χ0) is 13.1. The maximum absolute atomic E-state index is 6.03. The van der Waals surface area contributed by atoms with Crippen molar-refractivity contribution in [2.45, 2.75) is 26.0 Å². The molecule has 2 rings (SSSR count). The van der Waals surface area contributed by atoms with Crippen molar-refractivity contribution in [3.05, 3.63) is 22.8 Å². The average Bonchev–Trinajstić information content (AvgIpc) is 2.40. The second-order valence-electron chi connectivity index (χ2n) is 4.79. The number of piperidine rings is 1. The summed E-state index contributed by atoms with van der Waals surface area (Å²) in [7, 11) is 1.77. The first kappa shape index (κ1) is 13.6. The Balaban J connectivity index is 2.16. The van der Waals surface area contributed by atoms with E-state index in [4.69, 9.17) is 22.1 Å². The fourth-order valence-corrected chi connectivity index (χ4v) is 2.52. The lowest BCUT2D eigenvalue weighted by Crippen LogP contribution is -2.44. The molecule has 0 amide bonds. The van der Waals surface area contributed by atoms with Gasteiger partial charge in [-0.25, -0.2) is 4.98 Å². The van der Waals surface area contributed by atoms with E-state index in [1.54, 1.807) is 7.11 Å². The highest BCUT2D eigenvalue weighted by Crippen LogP contribution is 2.25. The summed E-state index contributed by atoms with van der Waals surface area (Å²) >= 11 is 6.03. The molecule has 1 aliphatic heterocycles. The number of rotatable bonds is 3. The minimum atomic E-state index is 0.262. The Morgan fingerprint density at radius 2 is 2.33 bits per heavy atom. The van der Waals surface area contributed by atoms with E-state index in [2.05, 4.69) is 16.8 Å². The van der Waals surface area contributed by atoms with Gasteiger partial charge in [0.1, 0.15) is 5.82 Å². The number of halogens is 1. The molecule has 2 atom stereocenters. The molecule has 0 spiro atoms. The number of anilines is 1. The molecule has 100 valence electrons. The van der Waals surface area contributed by atoms with Crippen LogP contribution in [0.4, 0.5) is 5.82 Å². The van der Waals surface area contributed by atoms with Crippen LogP contribution in [0.15, 0.2) is 12.1 Å². The number of nitrogens with zero attached hydrogens (tertiary/aromatic N) is 2. The van der Waals surface area contributed by atoms with Crippen molar-refractivity contribution in [1.82, 2.24) is 4.98 Å². The maximum atomic E-state index is 6.03. The van der Waals surface area contributed by atoms with Gasteiger partial charge in [0, 0.05) is 26.7 Å². The topological polar surface area (TPSA) is 51.4 Å². The monoisotopic (exact) mass is 269 g/mol. The Kier molecular flexibility index (Phi) is 4.43. The zero-order valence-electron chi connectivity index (χ0n) is 10.9. The highest BCUT2D eigenvalue weighted by molar-refractivity contribution is 6.31. The van der Waals surface area contributed by atoms with Crippen molar-refractivity contribution in [1.29, 1.82) is 0 Å². The zero-order valence-corrected chi connectivity index (χ0v) is 11.7. The summed E-state index contributed by atoms with van der Waals surface area (Å²) in [6.07, 6.45) is 1.37. The lowest BCUT2D eigenvalue weighted by molar-refractivity contribution is 0.0496. The fraction of sp³-hybridized carbons (Fsp3) is 0.615. The largest absolute Gasteiger partial charge is 0.379 e. The second-order valence-corrected chi connectivity index (χ2v) is 5.20. The number of hydrogen-bond acceptors (Lipinski definition) is 4. The van der Waals surface area contributed by atoms with Crippen LogP contribution in [0, 0.1) is 5.92 Å². The fourth-order valence-electron chi connectivity index (χ4n) is 2.34. The number of aromatic nitrogens is 1. The van der Waals surface area contributed by atoms with Crippen molar-refractivity contribution in [2.75, 3.05) is 25.1 Å². The van der Waals surface area contributed by atoms with Gasteiger partial charge >= 0.3 is 0 Å². The molecule has 0 radical (unpaired) electrons. The van der Waals surface area contributed by atoms with Gasteiger partial charge in [-0.2, -0.15) is 0 Å². The third-order valence-corrected chi connectivity index (χ3v) is 3.96. The van der Waals surface area contributed by atoms with E-state index in [-0.39, 0.29) is 6.10 Å². The Labute approximate surface area is 113 Å². The minimum Gasteiger partial charge on any atom is -0.379 e. The van der Waals surface area contributed by atoms with Crippen molar-refractivity contribution in [3.63, 3.8) is 0 Å². The molecule has 1 aromatic rings. The molecule has 1 fully saturated rings.